The lowest BCUT2D eigenvalue weighted by Crippen LogP contribution is -2.06. The first-order valence-electron chi connectivity index (χ1n) is 10.1. The first-order valence-corrected chi connectivity index (χ1v) is 11.0. The number of thiophene rings is 1. The van der Waals surface area contributed by atoms with Gasteiger partial charge in [-0.25, -0.2) is 4.79 Å². The maximum Gasteiger partial charge on any atom is 0.337 e. The molecule has 0 radical (unpaired) electrons. The highest BCUT2D eigenvalue weighted by Gasteiger charge is 2.22. The number of Topliss-reactive ketones (excluding diaryl/α,β-unsaturated/α-hetero) is 1. The number of allylic oxidation sites excluding steroid dienone is 1. The smallest absolute Gasteiger partial charge is 0.337 e. The summed E-state index contributed by atoms with van der Waals surface area (Å²) < 4.78 is 17.0. The molecule has 5 nitrogen and oxygen atoms in total. The van der Waals surface area contributed by atoms with Crippen LogP contribution in [0.1, 0.15) is 26.3 Å². The van der Waals surface area contributed by atoms with Crippen LogP contribution in [0.15, 0.2) is 73.3 Å². The summed E-state index contributed by atoms with van der Waals surface area (Å²) in [5.74, 6) is 0.294. The van der Waals surface area contributed by atoms with Crippen LogP contribution in [0.25, 0.3) is 26.1 Å². The van der Waals surface area contributed by atoms with E-state index in [1.165, 1.54) is 14.2 Å². The Morgan fingerprint density at radius 2 is 1.48 bits per heavy atom. The van der Waals surface area contributed by atoms with Crippen LogP contribution in [0.3, 0.4) is 0 Å². The molecule has 4 aromatic rings. The highest BCUT2D eigenvalue weighted by Crippen LogP contribution is 2.42. The van der Waals surface area contributed by atoms with Crippen molar-refractivity contribution in [3.63, 3.8) is 0 Å². The largest absolute Gasteiger partial charge is 0.496 e. The fraction of sp³-hybridized carbons (Fsp3) is 0.111. The van der Waals surface area contributed by atoms with Crippen molar-refractivity contribution in [3.8, 4) is 21.9 Å². The lowest BCUT2D eigenvalue weighted by molar-refractivity contribution is 0.0600. The van der Waals surface area contributed by atoms with Crippen LogP contribution in [0.4, 0.5) is 0 Å². The van der Waals surface area contributed by atoms with Crippen molar-refractivity contribution in [2.24, 2.45) is 0 Å². The van der Waals surface area contributed by atoms with Crippen LogP contribution in [0.5, 0.6) is 11.5 Å². The van der Waals surface area contributed by atoms with Crippen LogP contribution in [0.2, 0.25) is 0 Å². The first-order chi connectivity index (χ1) is 16.0. The Balaban J connectivity index is 1.76. The zero-order chi connectivity index (χ0) is 23.5. The average Bonchev–Trinajstić information content (AvgIpc) is 3.30. The molecule has 1 heterocycles. The average molecular weight is 459 g/mol. The fourth-order valence-corrected chi connectivity index (χ4v) is 4.69. The lowest BCUT2D eigenvalue weighted by Gasteiger charge is -2.15. The number of carbonyl (C=O) groups excluding carboxylic acids is 2. The Labute approximate surface area is 195 Å². The van der Waals surface area contributed by atoms with E-state index in [2.05, 4.69) is 24.8 Å². The monoisotopic (exact) mass is 458 g/mol. The van der Waals surface area contributed by atoms with E-state index < -0.39 is 5.97 Å². The van der Waals surface area contributed by atoms with Crippen molar-refractivity contribution in [1.29, 1.82) is 0 Å². The number of fused-ring (bicyclic) bond motifs is 1. The molecular formula is C27H22O5S. The fourth-order valence-electron chi connectivity index (χ4n) is 3.60. The van der Waals surface area contributed by atoms with Gasteiger partial charge in [-0.1, -0.05) is 36.9 Å². The molecule has 0 aliphatic carbocycles. The second kappa shape index (κ2) is 9.30. The number of hydrogen-bond donors (Lipinski definition) is 0. The van der Waals surface area contributed by atoms with Gasteiger partial charge in [-0.3, -0.25) is 4.79 Å². The maximum absolute atomic E-state index is 13.4. The van der Waals surface area contributed by atoms with Crippen molar-refractivity contribution in [1.82, 2.24) is 0 Å². The quantitative estimate of drug-likeness (QED) is 0.186. The van der Waals surface area contributed by atoms with Crippen molar-refractivity contribution in [2.45, 2.75) is 0 Å². The van der Waals surface area contributed by atoms with E-state index in [1.54, 1.807) is 54.8 Å². The number of carbonyl (C=O) groups is 2. The summed E-state index contributed by atoms with van der Waals surface area (Å²) in [6.07, 6.45) is 0. The minimum Gasteiger partial charge on any atom is -0.496 e. The Kier molecular flexibility index (Phi) is 6.29. The Bertz CT molecular complexity index is 1330. The minimum absolute atomic E-state index is 0.275. The molecule has 0 bridgehead atoms. The van der Waals surface area contributed by atoms with E-state index in [0.29, 0.717) is 28.2 Å². The summed E-state index contributed by atoms with van der Waals surface area (Å²) in [4.78, 5) is 26.1. The van der Waals surface area contributed by atoms with E-state index in [9.17, 15) is 9.59 Å². The highest BCUT2D eigenvalue weighted by molar-refractivity contribution is 7.22. The van der Waals surface area contributed by atoms with Gasteiger partial charge in [0.05, 0.1) is 32.5 Å². The third kappa shape index (κ3) is 4.25. The number of hydrogen-bond acceptors (Lipinski definition) is 6. The van der Waals surface area contributed by atoms with Gasteiger partial charge < -0.3 is 14.2 Å². The summed E-state index contributed by atoms with van der Waals surface area (Å²) in [5, 5.41) is 1.12. The molecule has 0 fully saturated rings. The number of methoxy groups -OCH3 is 3. The molecule has 166 valence electrons. The number of esters is 1. The second-order valence-electron chi connectivity index (χ2n) is 7.28. The number of rotatable bonds is 7. The number of benzene rings is 3. The van der Waals surface area contributed by atoms with Crippen molar-refractivity contribution in [2.75, 3.05) is 21.3 Å². The van der Waals surface area contributed by atoms with Crippen LogP contribution in [0, 0.1) is 0 Å². The minimum atomic E-state index is -0.441. The van der Waals surface area contributed by atoms with Gasteiger partial charge in [-0.05, 0) is 41.3 Å². The standard InChI is InChI=1S/C27H22O5S/c1-16(17-9-11-18(12-10-17)27(29)32-4)26(28)21-14-20(22(30-2)15-23(21)31-3)25-13-19-7-5-6-8-24(19)33-25/h5-15H,1H2,2-4H3. The molecule has 0 aliphatic heterocycles. The van der Waals surface area contributed by atoms with Crippen LogP contribution in [-0.2, 0) is 4.74 Å². The summed E-state index contributed by atoms with van der Waals surface area (Å²) in [7, 11) is 4.43. The van der Waals surface area contributed by atoms with Gasteiger partial charge in [0.1, 0.15) is 11.5 Å². The van der Waals surface area contributed by atoms with E-state index in [1.807, 2.05) is 12.1 Å². The van der Waals surface area contributed by atoms with Gasteiger partial charge in [-0.15, -0.1) is 11.3 Å². The molecule has 0 aliphatic rings. The molecule has 6 heteroatoms. The molecule has 0 saturated heterocycles. The van der Waals surface area contributed by atoms with Crippen LogP contribution in [-0.4, -0.2) is 33.1 Å². The summed E-state index contributed by atoms with van der Waals surface area (Å²) >= 11 is 1.63. The van der Waals surface area contributed by atoms with Gasteiger partial charge >= 0.3 is 5.97 Å². The van der Waals surface area contributed by atoms with E-state index >= 15 is 0 Å². The SMILES string of the molecule is C=C(C(=O)c1cc(-c2cc3ccccc3s2)c(OC)cc1OC)c1ccc(C(=O)OC)cc1. The van der Waals surface area contributed by atoms with Crippen LogP contribution < -0.4 is 9.47 Å². The predicted octanol–water partition coefficient (Wildman–Crippen LogP) is 6.27. The van der Waals surface area contributed by atoms with Crippen molar-refractivity contribution >= 4 is 38.7 Å². The molecule has 0 atom stereocenters. The molecule has 33 heavy (non-hydrogen) atoms. The van der Waals surface area contributed by atoms with Gasteiger partial charge in [0.25, 0.3) is 0 Å². The lowest BCUT2D eigenvalue weighted by atomic mass is 9.95. The third-order valence-corrected chi connectivity index (χ3v) is 6.54. The highest BCUT2D eigenvalue weighted by atomic mass is 32.1. The molecule has 0 spiro atoms. The normalized spacial score (nSPS) is 10.6. The van der Waals surface area contributed by atoms with Gasteiger partial charge in [0, 0.05) is 26.8 Å². The molecular weight excluding hydrogens is 436 g/mol. The zero-order valence-corrected chi connectivity index (χ0v) is 19.3. The van der Waals surface area contributed by atoms with Gasteiger partial charge in [0.2, 0.25) is 0 Å². The topological polar surface area (TPSA) is 61.8 Å². The number of ketones is 1. The molecule has 3 aromatic carbocycles. The van der Waals surface area contributed by atoms with Crippen LogP contribution >= 0.6 is 11.3 Å². The van der Waals surface area contributed by atoms with E-state index in [0.717, 1.165) is 20.5 Å². The Hall–Kier alpha value is -3.90. The van der Waals surface area contributed by atoms with Gasteiger partial charge in [-0.2, -0.15) is 0 Å². The number of ether oxygens (including phenoxy) is 3. The molecule has 4 rings (SSSR count). The Morgan fingerprint density at radius 3 is 2.12 bits per heavy atom. The van der Waals surface area contributed by atoms with Gasteiger partial charge in [0.15, 0.2) is 5.78 Å². The zero-order valence-electron chi connectivity index (χ0n) is 18.5. The predicted molar refractivity (Wildman–Crippen MR) is 132 cm³/mol. The summed E-state index contributed by atoms with van der Waals surface area (Å²) in [6.45, 7) is 4.00. The molecule has 0 unspecified atom stereocenters. The third-order valence-electron chi connectivity index (χ3n) is 5.39. The molecule has 1 aromatic heterocycles. The summed E-state index contributed by atoms with van der Waals surface area (Å²) in [6, 6.07) is 20.3. The van der Waals surface area contributed by atoms with E-state index in [4.69, 9.17) is 14.2 Å². The molecule has 0 saturated carbocycles. The maximum atomic E-state index is 13.4. The first kappa shape index (κ1) is 22.3. The van der Waals surface area contributed by atoms with Crippen molar-refractivity contribution in [3.05, 3.63) is 90.0 Å². The molecule has 0 amide bonds. The van der Waals surface area contributed by atoms with Crippen molar-refractivity contribution < 1.29 is 23.8 Å². The summed E-state index contributed by atoms with van der Waals surface area (Å²) in [5.41, 5.74) is 2.48. The van der Waals surface area contributed by atoms with E-state index in [-0.39, 0.29) is 11.4 Å². The molecule has 0 N–H and O–H groups in total. The second-order valence-corrected chi connectivity index (χ2v) is 8.36. The Morgan fingerprint density at radius 1 is 0.818 bits per heavy atom.